The molecule has 0 fully saturated rings. The molecule has 2 N–H and O–H groups in total. The van der Waals surface area contributed by atoms with Crippen LogP contribution in [0.4, 0.5) is 5.69 Å². The maximum absolute atomic E-state index is 11.7. The summed E-state index contributed by atoms with van der Waals surface area (Å²) in [4.78, 5) is 13.7. The van der Waals surface area contributed by atoms with Crippen LogP contribution < -0.4 is 15.4 Å². The van der Waals surface area contributed by atoms with Gasteiger partial charge in [0.1, 0.15) is 5.75 Å². The van der Waals surface area contributed by atoms with Crippen molar-refractivity contribution in [2.24, 2.45) is 0 Å². The second-order valence-corrected chi connectivity index (χ2v) is 5.22. The molecule has 1 rings (SSSR count). The van der Waals surface area contributed by atoms with Crippen LogP contribution in [0.5, 0.6) is 5.75 Å². The van der Waals surface area contributed by atoms with Crippen molar-refractivity contribution in [2.45, 2.75) is 6.92 Å². The fourth-order valence-corrected chi connectivity index (χ4v) is 1.78. The first-order valence-electron chi connectivity index (χ1n) is 6.43. The molecule has 0 spiro atoms. The van der Waals surface area contributed by atoms with E-state index in [9.17, 15) is 4.79 Å². The molecule has 0 saturated heterocycles. The number of methoxy groups -OCH3 is 1. The van der Waals surface area contributed by atoms with Gasteiger partial charge in [0.25, 0.3) is 0 Å². The molecule has 0 aliphatic carbocycles. The molecule has 1 amide bonds. The van der Waals surface area contributed by atoms with Crippen LogP contribution in [0.15, 0.2) is 12.1 Å². The van der Waals surface area contributed by atoms with Crippen molar-refractivity contribution in [1.29, 1.82) is 0 Å². The van der Waals surface area contributed by atoms with Crippen molar-refractivity contribution in [3.05, 3.63) is 22.7 Å². The fourth-order valence-electron chi connectivity index (χ4n) is 1.63. The van der Waals surface area contributed by atoms with E-state index in [0.29, 0.717) is 17.3 Å². The Morgan fingerprint density at radius 3 is 2.70 bits per heavy atom. The minimum atomic E-state index is -0.0542. The van der Waals surface area contributed by atoms with Crippen molar-refractivity contribution < 1.29 is 9.53 Å². The van der Waals surface area contributed by atoms with Gasteiger partial charge in [0.05, 0.1) is 19.3 Å². The molecule has 0 aliphatic rings. The van der Waals surface area contributed by atoms with Gasteiger partial charge in [-0.25, -0.2) is 0 Å². The van der Waals surface area contributed by atoms with E-state index in [2.05, 4.69) is 10.6 Å². The molecule has 0 radical (unpaired) electrons. The Morgan fingerprint density at radius 1 is 1.40 bits per heavy atom. The van der Waals surface area contributed by atoms with Gasteiger partial charge in [-0.3, -0.25) is 4.79 Å². The van der Waals surface area contributed by atoms with Crippen LogP contribution in [0.25, 0.3) is 0 Å². The van der Waals surface area contributed by atoms with E-state index in [0.717, 1.165) is 17.8 Å². The van der Waals surface area contributed by atoms with E-state index < -0.39 is 0 Å². The first-order chi connectivity index (χ1) is 9.43. The van der Waals surface area contributed by atoms with Gasteiger partial charge < -0.3 is 20.3 Å². The monoisotopic (exact) mass is 299 g/mol. The number of carbonyl (C=O) groups is 1. The number of hydrogen-bond acceptors (Lipinski definition) is 4. The summed E-state index contributed by atoms with van der Waals surface area (Å²) in [7, 11) is 5.50. The van der Waals surface area contributed by atoms with E-state index in [4.69, 9.17) is 16.3 Å². The number of likely N-dealkylation sites (N-methyl/N-ethyl adjacent to an activating group) is 1. The minimum Gasteiger partial charge on any atom is -0.495 e. The maximum atomic E-state index is 11.7. The molecule has 0 unspecified atom stereocenters. The number of amides is 1. The Balaban J connectivity index is 2.52. The molecule has 6 heteroatoms. The molecule has 1 aromatic rings. The van der Waals surface area contributed by atoms with Crippen LogP contribution in [0.1, 0.15) is 5.56 Å². The summed E-state index contributed by atoms with van der Waals surface area (Å²) in [5, 5.41) is 6.54. The fraction of sp³-hybridized carbons (Fsp3) is 0.500. The Bertz CT molecular complexity index is 464. The summed E-state index contributed by atoms with van der Waals surface area (Å²) in [6.45, 7) is 3.55. The molecular weight excluding hydrogens is 278 g/mol. The van der Waals surface area contributed by atoms with Crippen LogP contribution in [0.3, 0.4) is 0 Å². The van der Waals surface area contributed by atoms with Gasteiger partial charge in [0.15, 0.2) is 0 Å². The Kier molecular flexibility index (Phi) is 6.61. The highest BCUT2D eigenvalue weighted by molar-refractivity contribution is 6.31. The number of anilines is 1. The SMILES string of the molecule is COc1cc(Cl)c(C)cc1NCC(=O)NCCN(C)C. The zero-order valence-corrected chi connectivity index (χ0v) is 13.2. The second kappa shape index (κ2) is 7.97. The number of nitrogens with zero attached hydrogens (tertiary/aromatic N) is 1. The molecule has 112 valence electrons. The lowest BCUT2D eigenvalue weighted by atomic mass is 10.2. The molecular formula is C14H22ClN3O2. The maximum Gasteiger partial charge on any atom is 0.239 e. The lowest BCUT2D eigenvalue weighted by Gasteiger charge is -2.14. The Labute approximate surface area is 125 Å². The molecule has 20 heavy (non-hydrogen) atoms. The lowest BCUT2D eigenvalue weighted by Crippen LogP contribution is -2.35. The van der Waals surface area contributed by atoms with Crippen molar-refractivity contribution in [1.82, 2.24) is 10.2 Å². The predicted octanol–water partition coefficient (Wildman–Crippen LogP) is 1.75. The Hall–Kier alpha value is -1.46. The van der Waals surface area contributed by atoms with Crippen LogP contribution >= 0.6 is 11.6 Å². The molecule has 0 atom stereocenters. The highest BCUT2D eigenvalue weighted by Gasteiger charge is 2.08. The van der Waals surface area contributed by atoms with Gasteiger partial charge in [-0.1, -0.05) is 11.6 Å². The van der Waals surface area contributed by atoms with Crippen LogP contribution in [0, 0.1) is 6.92 Å². The minimum absolute atomic E-state index is 0.0542. The zero-order chi connectivity index (χ0) is 15.1. The number of rotatable bonds is 7. The van der Waals surface area contributed by atoms with Gasteiger partial charge in [0, 0.05) is 24.2 Å². The van der Waals surface area contributed by atoms with Gasteiger partial charge in [-0.05, 0) is 32.6 Å². The standard InChI is InChI=1S/C14H22ClN3O2/c1-10-7-12(13(20-4)8-11(10)15)17-9-14(19)16-5-6-18(2)3/h7-8,17H,5-6,9H2,1-4H3,(H,16,19). The number of benzene rings is 1. The summed E-state index contributed by atoms with van der Waals surface area (Å²) in [5.74, 6) is 0.572. The molecule has 0 heterocycles. The molecule has 5 nitrogen and oxygen atoms in total. The topological polar surface area (TPSA) is 53.6 Å². The van der Waals surface area contributed by atoms with Gasteiger partial charge in [-0.15, -0.1) is 0 Å². The van der Waals surface area contributed by atoms with E-state index in [1.54, 1.807) is 13.2 Å². The molecule has 0 saturated carbocycles. The number of carbonyl (C=O) groups excluding carboxylic acids is 1. The van der Waals surface area contributed by atoms with Crippen LogP contribution in [0.2, 0.25) is 5.02 Å². The van der Waals surface area contributed by atoms with E-state index >= 15 is 0 Å². The second-order valence-electron chi connectivity index (χ2n) is 4.81. The number of aryl methyl sites for hydroxylation is 1. The zero-order valence-electron chi connectivity index (χ0n) is 12.4. The molecule has 0 aromatic heterocycles. The number of nitrogens with one attached hydrogen (secondary N) is 2. The van der Waals surface area contributed by atoms with E-state index in [1.807, 2.05) is 32.0 Å². The van der Waals surface area contributed by atoms with Crippen molar-refractivity contribution >= 4 is 23.2 Å². The Morgan fingerprint density at radius 2 is 2.10 bits per heavy atom. The highest BCUT2D eigenvalue weighted by atomic mass is 35.5. The number of ether oxygens (including phenoxy) is 1. The summed E-state index contributed by atoms with van der Waals surface area (Å²) < 4.78 is 5.24. The third kappa shape index (κ3) is 5.27. The first kappa shape index (κ1) is 16.6. The average Bonchev–Trinajstić information content (AvgIpc) is 2.39. The van der Waals surface area contributed by atoms with Gasteiger partial charge in [0.2, 0.25) is 5.91 Å². The van der Waals surface area contributed by atoms with Gasteiger partial charge >= 0.3 is 0 Å². The summed E-state index contributed by atoms with van der Waals surface area (Å²) in [6.07, 6.45) is 0. The normalized spacial score (nSPS) is 10.5. The molecule has 0 bridgehead atoms. The van der Waals surface area contributed by atoms with Crippen LogP contribution in [-0.4, -0.2) is 51.6 Å². The van der Waals surface area contributed by atoms with Crippen molar-refractivity contribution in [2.75, 3.05) is 46.2 Å². The lowest BCUT2D eigenvalue weighted by molar-refractivity contribution is -0.119. The average molecular weight is 300 g/mol. The largest absolute Gasteiger partial charge is 0.495 e. The smallest absolute Gasteiger partial charge is 0.239 e. The van der Waals surface area contributed by atoms with E-state index in [1.165, 1.54) is 0 Å². The third-order valence-corrected chi connectivity index (χ3v) is 3.21. The summed E-state index contributed by atoms with van der Waals surface area (Å²) in [5.41, 5.74) is 1.69. The van der Waals surface area contributed by atoms with Crippen molar-refractivity contribution in [3.63, 3.8) is 0 Å². The predicted molar refractivity (Wildman–Crippen MR) is 82.8 cm³/mol. The number of hydrogen-bond donors (Lipinski definition) is 2. The third-order valence-electron chi connectivity index (χ3n) is 2.80. The number of halogens is 1. The van der Waals surface area contributed by atoms with Crippen molar-refractivity contribution in [3.8, 4) is 5.75 Å². The summed E-state index contributed by atoms with van der Waals surface area (Å²) in [6, 6.07) is 3.61. The molecule has 0 aliphatic heterocycles. The first-order valence-corrected chi connectivity index (χ1v) is 6.81. The van der Waals surface area contributed by atoms with E-state index in [-0.39, 0.29) is 12.5 Å². The highest BCUT2D eigenvalue weighted by Crippen LogP contribution is 2.30. The quantitative estimate of drug-likeness (QED) is 0.805. The van der Waals surface area contributed by atoms with Crippen LogP contribution in [-0.2, 0) is 4.79 Å². The summed E-state index contributed by atoms with van der Waals surface area (Å²) >= 11 is 6.03. The molecule has 1 aromatic carbocycles. The van der Waals surface area contributed by atoms with Gasteiger partial charge in [-0.2, -0.15) is 0 Å².